The fourth-order valence-electron chi connectivity index (χ4n) is 3.63. The Bertz CT molecular complexity index is 448. The van der Waals surface area contributed by atoms with Gasteiger partial charge in [-0.2, -0.15) is 30.7 Å². The highest BCUT2D eigenvalue weighted by molar-refractivity contribution is 5.85. The van der Waals surface area contributed by atoms with Crippen molar-refractivity contribution in [3.8, 4) is 0 Å². The number of hydrogen-bond acceptors (Lipinski definition) is 1. The van der Waals surface area contributed by atoms with Gasteiger partial charge in [0, 0.05) is 6.04 Å². The minimum atomic E-state index is -6.50. The predicted molar refractivity (Wildman–Crippen MR) is 62.5 cm³/mol. The fourth-order valence-corrected chi connectivity index (χ4v) is 3.63. The average Bonchev–Trinajstić information content (AvgIpc) is 2.98. The first kappa shape index (κ1) is 17.3. The molecule has 0 saturated heterocycles. The first-order valence-corrected chi connectivity index (χ1v) is 7.01. The van der Waals surface area contributed by atoms with Crippen LogP contribution in [0.1, 0.15) is 32.6 Å². The van der Waals surface area contributed by atoms with Crippen molar-refractivity contribution in [3.63, 3.8) is 0 Å². The molecule has 2 rings (SSSR count). The van der Waals surface area contributed by atoms with E-state index in [0.717, 1.165) is 19.3 Å². The Morgan fingerprint density at radius 3 is 2.05 bits per heavy atom. The lowest BCUT2D eigenvalue weighted by Crippen LogP contribution is -2.61. The van der Waals surface area contributed by atoms with Gasteiger partial charge in [0.2, 0.25) is 0 Å². The zero-order valence-electron chi connectivity index (χ0n) is 11.7. The molecule has 2 bridgehead atoms. The van der Waals surface area contributed by atoms with E-state index in [9.17, 15) is 35.5 Å². The van der Waals surface area contributed by atoms with Crippen LogP contribution in [0.4, 0.5) is 30.7 Å². The van der Waals surface area contributed by atoms with Gasteiger partial charge in [0.05, 0.1) is 0 Å². The largest absolute Gasteiger partial charge is 0.460 e. The maximum absolute atomic E-state index is 13.2. The summed E-state index contributed by atoms with van der Waals surface area (Å²) in [4.78, 5) is 11.3. The maximum atomic E-state index is 13.2. The van der Waals surface area contributed by atoms with E-state index in [4.69, 9.17) is 0 Å². The summed E-state index contributed by atoms with van der Waals surface area (Å²) in [6.07, 6.45) is -3.06. The molecule has 0 heterocycles. The number of rotatable bonds is 4. The maximum Gasteiger partial charge on any atom is 0.460 e. The van der Waals surface area contributed by atoms with E-state index in [0.29, 0.717) is 12.3 Å². The van der Waals surface area contributed by atoms with Gasteiger partial charge in [-0.15, -0.1) is 0 Å². The molecule has 4 atom stereocenters. The molecule has 0 spiro atoms. The fraction of sp³-hybridized carbons (Fsp3) is 0.923. The van der Waals surface area contributed by atoms with Gasteiger partial charge < -0.3 is 5.32 Å². The molecule has 128 valence electrons. The zero-order chi connectivity index (χ0) is 16.9. The van der Waals surface area contributed by atoms with E-state index in [1.165, 1.54) is 6.92 Å². The molecule has 0 aromatic rings. The van der Waals surface area contributed by atoms with E-state index in [1.54, 1.807) is 5.32 Å². The van der Waals surface area contributed by atoms with Crippen molar-refractivity contribution in [1.82, 2.24) is 5.32 Å². The predicted octanol–water partition coefficient (Wildman–Crippen LogP) is 3.76. The van der Waals surface area contributed by atoms with Crippen LogP contribution in [0, 0.1) is 17.8 Å². The highest BCUT2D eigenvalue weighted by Gasteiger charge is 2.76. The third-order valence-corrected chi connectivity index (χ3v) is 4.83. The van der Waals surface area contributed by atoms with Crippen molar-refractivity contribution >= 4 is 5.91 Å². The van der Waals surface area contributed by atoms with Gasteiger partial charge >= 0.3 is 18.0 Å². The molecule has 9 heteroatoms. The second kappa shape index (κ2) is 5.26. The molecular formula is C13H16F7NO. The van der Waals surface area contributed by atoms with Crippen LogP contribution in [0.25, 0.3) is 0 Å². The summed E-state index contributed by atoms with van der Waals surface area (Å²) >= 11 is 0. The number of hydrogen-bond donors (Lipinski definition) is 1. The number of carbonyl (C=O) groups is 1. The molecule has 2 fully saturated rings. The molecule has 2 aliphatic carbocycles. The minimum absolute atomic E-state index is 0.155. The minimum Gasteiger partial charge on any atom is -0.348 e. The van der Waals surface area contributed by atoms with E-state index < -0.39 is 30.0 Å². The second-order valence-corrected chi connectivity index (χ2v) is 6.25. The first-order chi connectivity index (χ1) is 9.88. The van der Waals surface area contributed by atoms with Crippen LogP contribution in [0.15, 0.2) is 0 Å². The zero-order valence-corrected chi connectivity index (χ0v) is 11.7. The van der Waals surface area contributed by atoms with Gasteiger partial charge in [-0.1, -0.05) is 6.42 Å². The number of amides is 1. The molecule has 0 radical (unpaired) electrons. The number of fused-ring (bicyclic) bond motifs is 2. The highest BCUT2D eigenvalue weighted by atomic mass is 19.4. The van der Waals surface area contributed by atoms with E-state index in [2.05, 4.69) is 0 Å². The summed E-state index contributed by atoms with van der Waals surface area (Å²) in [6.45, 7) is 1.37. The summed E-state index contributed by atoms with van der Waals surface area (Å²) < 4.78 is 88.2. The van der Waals surface area contributed by atoms with E-state index >= 15 is 0 Å². The Balaban J connectivity index is 2.04. The molecule has 0 aromatic heterocycles. The highest BCUT2D eigenvalue weighted by Crippen LogP contribution is 2.50. The lowest BCUT2D eigenvalue weighted by molar-refractivity contribution is -0.344. The smallest absolute Gasteiger partial charge is 0.348 e. The van der Waals surface area contributed by atoms with Crippen LogP contribution >= 0.6 is 0 Å². The molecule has 0 aliphatic heterocycles. The monoisotopic (exact) mass is 335 g/mol. The molecule has 1 amide bonds. The Kier molecular flexibility index (Phi) is 4.15. The number of halogens is 7. The summed E-state index contributed by atoms with van der Waals surface area (Å²) in [7, 11) is 0. The van der Waals surface area contributed by atoms with Crippen LogP contribution in [-0.4, -0.2) is 30.0 Å². The SMILES string of the molecule is CC(NC(=O)C(F)(F)C(F)(F)C(F)(F)F)C1CC2CCC1C2. The first-order valence-electron chi connectivity index (χ1n) is 7.01. The molecule has 22 heavy (non-hydrogen) atoms. The van der Waals surface area contributed by atoms with E-state index in [-0.39, 0.29) is 11.8 Å². The quantitative estimate of drug-likeness (QED) is 0.779. The lowest BCUT2D eigenvalue weighted by Gasteiger charge is -2.32. The topological polar surface area (TPSA) is 29.1 Å². The Labute approximate surface area is 122 Å². The second-order valence-electron chi connectivity index (χ2n) is 6.25. The molecule has 0 aromatic carbocycles. The number of carbonyl (C=O) groups excluding carboxylic acids is 1. The van der Waals surface area contributed by atoms with Crippen LogP contribution < -0.4 is 5.32 Å². The lowest BCUT2D eigenvalue weighted by atomic mass is 9.84. The number of alkyl halides is 7. The molecular weight excluding hydrogens is 319 g/mol. The number of nitrogens with one attached hydrogen (secondary N) is 1. The third kappa shape index (κ3) is 2.67. The van der Waals surface area contributed by atoms with Gasteiger partial charge in [-0.25, -0.2) is 0 Å². The molecule has 2 saturated carbocycles. The van der Waals surface area contributed by atoms with Crippen molar-refractivity contribution in [3.05, 3.63) is 0 Å². The summed E-state index contributed by atoms with van der Waals surface area (Å²) in [5.74, 6) is -14.3. The van der Waals surface area contributed by atoms with Crippen molar-refractivity contribution in [2.45, 2.75) is 56.7 Å². The van der Waals surface area contributed by atoms with Crippen LogP contribution in [0.2, 0.25) is 0 Å². The van der Waals surface area contributed by atoms with Crippen LogP contribution in [0.3, 0.4) is 0 Å². The Morgan fingerprint density at radius 1 is 1.05 bits per heavy atom. The van der Waals surface area contributed by atoms with Crippen molar-refractivity contribution in [1.29, 1.82) is 0 Å². The van der Waals surface area contributed by atoms with Gasteiger partial charge in [0.15, 0.2) is 0 Å². The Hall–Kier alpha value is -1.02. The van der Waals surface area contributed by atoms with Crippen molar-refractivity contribution in [2.24, 2.45) is 17.8 Å². The van der Waals surface area contributed by atoms with Gasteiger partial charge in [0.25, 0.3) is 5.91 Å². The third-order valence-electron chi connectivity index (χ3n) is 4.83. The molecule has 2 nitrogen and oxygen atoms in total. The summed E-state index contributed by atoms with van der Waals surface area (Å²) in [5.41, 5.74) is 0. The standard InChI is InChI=1S/C13H16F7NO/c1-6(9-5-7-2-3-8(9)4-7)21-10(22)11(14,15)12(16,17)13(18,19)20/h6-9H,2-5H2,1H3,(H,21,22). The molecule has 2 aliphatic rings. The average molecular weight is 335 g/mol. The van der Waals surface area contributed by atoms with Gasteiger partial charge in [-0.05, 0) is 43.9 Å². The van der Waals surface area contributed by atoms with Crippen molar-refractivity contribution in [2.75, 3.05) is 0 Å². The normalized spacial score (nSPS) is 30.5. The van der Waals surface area contributed by atoms with E-state index in [1.807, 2.05) is 0 Å². The van der Waals surface area contributed by atoms with Crippen LogP contribution in [-0.2, 0) is 4.79 Å². The molecule has 4 unspecified atom stereocenters. The summed E-state index contributed by atoms with van der Waals surface area (Å²) in [6, 6.07) is -0.863. The van der Waals surface area contributed by atoms with Gasteiger partial charge in [0.1, 0.15) is 0 Å². The summed E-state index contributed by atoms with van der Waals surface area (Å²) in [5, 5.41) is 1.66. The van der Waals surface area contributed by atoms with Crippen molar-refractivity contribution < 1.29 is 35.5 Å². The Morgan fingerprint density at radius 2 is 1.64 bits per heavy atom. The van der Waals surface area contributed by atoms with Gasteiger partial charge in [-0.3, -0.25) is 4.79 Å². The van der Waals surface area contributed by atoms with Crippen LogP contribution in [0.5, 0.6) is 0 Å². The molecule has 1 N–H and O–H groups in total.